The number of esters is 1. The fourth-order valence-corrected chi connectivity index (χ4v) is 2.34. The first-order valence-electron chi connectivity index (χ1n) is 6.98. The number of benzene rings is 1. The highest BCUT2D eigenvalue weighted by Gasteiger charge is 2.09. The highest BCUT2D eigenvalue weighted by atomic mass is 35.5. The Bertz CT molecular complexity index is 631. The van der Waals surface area contributed by atoms with E-state index >= 15 is 0 Å². The molecular weight excluding hydrogens is 288 g/mol. The molecule has 0 atom stereocenters. The van der Waals surface area contributed by atoms with Gasteiger partial charge in [-0.05, 0) is 26.1 Å². The third-order valence-corrected chi connectivity index (χ3v) is 3.52. The van der Waals surface area contributed by atoms with Crippen LogP contribution >= 0.6 is 11.6 Å². The van der Waals surface area contributed by atoms with E-state index in [4.69, 9.17) is 16.3 Å². The van der Waals surface area contributed by atoms with Gasteiger partial charge in [-0.1, -0.05) is 29.8 Å². The third-order valence-electron chi connectivity index (χ3n) is 3.19. The van der Waals surface area contributed by atoms with Crippen LogP contribution in [0.5, 0.6) is 0 Å². The number of para-hydroxylation sites is 1. The van der Waals surface area contributed by atoms with Crippen molar-refractivity contribution < 1.29 is 9.53 Å². The van der Waals surface area contributed by atoms with Crippen molar-refractivity contribution in [1.29, 1.82) is 0 Å². The molecule has 5 heteroatoms. The number of rotatable bonds is 6. The van der Waals surface area contributed by atoms with E-state index in [2.05, 4.69) is 4.98 Å². The van der Waals surface area contributed by atoms with E-state index in [1.165, 1.54) is 0 Å². The maximum absolute atomic E-state index is 11.4. The zero-order valence-corrected chi connectivity index (χ0v) is 13.1. The van der Waals surface area contributed by atoms with E-state index in [0.29, 0.717) is 31.3 Å². The number of carbonyl (C=O) groups excluding carboxylic acids is 1. The van der Waals surface area contributed by atoms with Crippen molar-refractivity contribution in [2.75, 3.05) is 20.2 Å². The molecular formula is C16H19ClN2O2. The van der Waals surface area contributed by atoms with Crippen LogP contribution in [0.3, 0.4) is 0 Å². The maximum atomic E-state index is 11.4. The van der Waals surface area contributed by atoms with Crippen molar-refractivity contribution in [1.82, 2.24) is 9.88 Å². The molecule has 1 aromatic carbocycles. The van der Waals surface area contributed by atoms with E-state index in [9.17, 15) is 4.79 Å². The molecule has 1 heterocycles. The van der Waals surface area contributed by atoms with Gasteiger partial charge in [0.2, 0.25) is 0 Å². The molecule has 2 rings (SSSR count). The van der Waals surface area contributed by atoms with E-state index in [1.807, 2.05) is 49.2 Å². The van der Waals surface area contributed by atoms with Gasteiger partial charge in [0.25, 0.3) is 0 Å². The summed E-state index contributed by atoms with van der Waals surface area (Å²) in [6, 6.07) is 9.92. The van der Waals surface area contributed by atoms with Gasteiger partial charge in [-0.25, -0.2) is 4.98 Å². The van der Waals surface area contributed by atoms with Gasteiger partial charge in [-0.3, -0.25) is 4.79 Å². The molecule has 0 radical (unpaired) electrons. The summed E-state index contributed by atoms with van der Waals surface area (Å²) < 4.78 is 4.92. The molecule has 0 spiro atoms. The molecule has 0 aliphatic carbocycles. The Morgan fingerprint density at radius 2 is 2.14 bits per heavy atom. The largest absolute Gasteiger partial charge is 0.466 e. The third kappa shape index (κ3) is 4.41. The van der Waals surface area contributed by atoms with Crippen LogP contribution in [0.15, 0.2) is 30.3 Å². The van der Waals surface area contributed by atoms with Gasteiger partial charge in [0.05, 0.1) is 18.5 Å². The number of aromatic nitrogens is 1. The van der Waals surface area contributed by atoms with Crippen molar-refractivity contribution in [3.63, 3.8) is 0 Å². The molecule has 0 aliphatic heterocycles. The number of halogens is 1. The Balaban J connectivity index is 2.02. The molecule has 1 aromatic heterocycles. The second kappa shape index (κ2) is 7.38. The SMILES string of the molecule is CCOC(=O)CCN(C)Cc1cc2ccccc2nc1Cl. The zero-order chi connectivity index (χ0) is 15.2. The second-order valence-corrected chi connectivity index (χ2v) is 5.28. The summed E-state index contributed by atoms with van der Waals surface area (Å²) in [6.07, 6.45) is 0.378. The van der Waals surface area contributed by atoms with Gasteiger partial charge >= 0.3 is 5.97 Å². The molecule has 0 fully saturated rings. The predicted octanol–water partition coefficient (Wildman–Crippen LogP) is 3.27. The first kappa shape index (κ1) is 15.7. The highest BCUT2D eigenvalue weighted by Crippen LogP contribution is 2.21. The average Bonchev–Trinajstić information content (AvgIpc) is 2.46. The van der Waals surface area contributed by atoms with Crippen molar-refractivity contribution >= 4 is 28.5 Å². The molecule has 0 N–H and O–H groups in total. The lowest BCUT2D eigenvalue weighted by Gasteiger charge is -2.17. The average molecular weight is 307 g/mol. The monoisotopic (exact) mass is 306 g/mol. The minimum absolute atomic E-state index is 0.174. The van der Waals surface area contributed by atoms with Crippen molar-refractivity contribution in [2.45, 2.75) is 19.9 Å². The Morgan fingerprint density at radius 3 is 2.90 bits per heavy atom. The van der Waals surface area contributed by atoms with Gasteiger partial charge in [0, 0.05) is 24.0 Å². The van der Waals surface area contributed by atoms with Crippen LogP contribution in [0.1, 0.15) is 18.9 Å². The smallest absolute Gasteiger partial charge is 0.307 e. The number of hydrogen-bond acceptors (Lipinski definition) is 4. The fourth-order valence-electron chi connectivity index (χ4n) is 2.13. The number of fused-ring (bicyclic) bond motifs is 1. The molecule has 0 bridgehead atoms. The van der Waals surface area contributed by atoms with Gasteiger partial charge in [0.1, 0.15) is 5.15 Å². The van der Waals surface area contributed by atoms with Crippen LogP contribution < -0.4 is 0 Å². The summed E-state index contributed by atoms with van der Waals surface area (Å²) in [7, 11) is 1.95. The zero-order valence-electron chi connectivity index (χ0n) is 12.3. The van der Waals surface area contributed by atoms with E-state index < -0.39 is 0 Å². The lowest BCUT2D eigenvalue weighted by Crippen LogP contribution is -2.22. The molecule has 4 nitrogen and oxygen atoms in total. The standard InChI is InChI=1S/C16H19ClN2O2/c1-3-21-15(20)8-9-19(2)11-13-10-12-6-4-5-7-14(12)18-16(13)17/h4-7,10H,3,8-9,11H2,1-2H3. The van der Waals surface area contributed by atoms with Crippen LogP contribution in [0, 0.1) is 0 Å². The van der Waals surface area contributed by atoms with E-state index in [0.717, 1.165) is 16.5 Å². The van der Waals surface area contributed by atoms with Crippen molar-refractivity contribution in [2.24, 2.45) is 0 Å². The summed E-state index contributed by atoms with van der Waals surface area (Å²) in [5.74, 6) is -0.174. The topological polar surface area (TPSA) is 42.4 Å². The molecule has 21 heavy (non-hydrogen) atoms. The van der Waals surface area contributed by atoms with Gasteiger partial charge < -0.3 is 9.64 Å². The molecule has 0 saturated heterocycles. The molecule has 0 amide bonds. The number of nitrogens with zero attached hydrogens (tertiary/aromatic N) is 2. The Labute approximate surface area is 129 Å². The number of pyridine rings is 1. The summed E-state index contributed by atoms with van der Waals surface area (Å²) >= 11 is 6.23. The summed E-state index contributed by atoms with van der Waals surface area (Å²) in [5.41, 5.74) is 1.85. The first-order valence-corrected chi connectivity index (χ1v) is 7.36. The summed E-state index contributed by atoms with van der Waals surface area (Å²) in [5, 5.41) is 1.58. The predicted molar refractivity (Wildman–Crippen MR) is 84.3 cm³/mol. The minimum Gasteiger partial charge on any atom is -0.466 e. The van der Waals surface area contributed by atoms with Gasteiger partial charge in [0.15, 0.2) is 0 Å². The normalized spacial score (nSPS) is 11.0. The first-order chi connectivity index (χ1) is 10.1. The molecule has 112 valence electrons. The second-order valence-electron chi connectivity index (χ2n) is 4.92. The fraction of sp³-hybridized carbons (Fsp3) is 0.375. The Morgan fingerprint density at radius 1 is 1.38 bits per heavy atom. The van der Waals surface area contributed by atoms with Crippen LogP contribution in [0.4, 0.5) is 0 Å². The van der Waals surface area contributed by atoms with Crippen LogP contribution in [0.25, 0.3) is 10.9 Å². The van der Waals surface area contributed by atoms with Crippen LogP contribution in [-0.2, 0) is 16.1 Å². The maximum Gasteiger partial charge on any atom is 0.307 e. The Hall–Kier alpha value is -1.65. The number of carbonyl (C=O) groups is 1. The lowest BCUT2D eigenvalue weighted by molar-refractivity contribution is -0.143. The number of hydrogen-bond donors (Lipinski definition) is 0. The molecule has 0 unspecified atom stereocenters. The summed E-state index contributed by atoms with van der Waals surface area (Å²) in [4.78, 5) is 17.8. The van der Waals surface area contributed by atoms with Gasteiger partial charge in [-0.15, -0.1) is 0 Å². The summed E-state index contributed by atoms with van der Waals surface area (Å²) in [6.45, 7) is 3.50. The highest BCUT2D eigenvalue weighted by molar-refractivity contribution is 6.30. The van der Waals surface area contributed by atoms with E-state index in [-0.39, 0.29) is 5.97 Å². The Kier molecular flexibility index (Phi) is 5.53. The van der Waals surface area contributed by atoms with Gasteiger partial charge in [-0.2, -0.15) is 0 Å². The van der Waals surface area contributed by atoms with E-state index in [1.54, 1.807) is 0 Å². The number of ether oxygens (including phenoxy) is 1. The van der Waals surface area contributed by atoms with Crippen molar-refractivity contribution in [3.05, 3.63) is 41.0 Å². The van der Waals surface area contributed by atoms with Crippen LogP contribution in [0.2, 0.25) is 5.15 Å². The lowest BCUT2D eigenvalue weighted by atomic mass is 10.1. The van der Waals surface area contributed by atoms with Crippen molar-refractivity contribution in [3.8, 4) is 0 Å². The van der Waals surface area contributed by atoms with Crippen LogP contribution in [-0.4, -0.2) is 36.1 Å². The quantitative estimate of drug-likeness (QED) is 0.607. The molecule has 2 aromatic rings. The minimum atomic E-state index is -0.174. The molecule has 0 saturated carbocycles. The molecule has 0 aliphatic rings.